The van der Waals surface area contributed by atoms with Gasteiger partial charge in [0.15, 0.2) is 23.9 Å². The van der Waals surface area contributed by atoms with Gasteiger partial charge in [0.1, 0.15) is 23.8 Å². The molecule has 3 heterocycles. The summed E-state index contributed by atoms with van der Waals surface area (Å²) in [5, 5.41) is 12.6. The first kappa shape index (κ1) is 36.2. The van der Waals surface area contributed by atoms with Crippen LogP contribution < -0.4 is 10.8 Å². The van der Waals surface area contributed by atoms with E-state index in [0.717, 1.165) is 38.9 Å². The number of nitrogens with two attached hydrogens (primary N) is 1. The summed E-state index contributed by atoms with van der Waals surface area (Å²) in [5.41, 5.74) is 5.89. The molecule has 4 N–H and O–H groups in total. The van der Waals surface area contributed by atoms with Crippen molar-refractivity contribution in [1.29, 1.82) is 0 Å². The number of thioether (sulfide) groups is 1. The molecule has 8 atom stereocenters. The van der Waals surface area contributed by atoms with E-state index >= 15 is 4.39 Å². The van der Waals surface area contributed by atoms with Crippen LogP contribution in [-0.2, 0) is 50.2 Å². The molecule has 0 aromatic carbocycles. The normalized spacial score (nSPS) is 25.6. The molecule has 4 unspecified atom stereocenters. The van der Waals surface area contributed by atoms with Crippen LogP contribution in [0.2, 0.25) is 5.28 Å². The fourth-order valence-electron chi connectivity index (χ4n) is 3.75. The molecule has 43 heavy (non-hydrogen) atoms. The van der Waals surface area contributed by atoms with Gasteiger partial charge in [0.2, 0.25) is 5.28 Å². The van der Waals surface area contributed by atoms with Crippen molar-refractivity contribution >= 4 is 69.5 Å². The van der Waals surface area contributed by atoms with Crippen molar-refractivity contribution in [3.8, 4) is 0 Å². The van der Waals surface area contributed by atoms with Crippen LogP contribution in [-0.4, -0.2) is 102 Å². The number of anilines is 1. The molecule has 1 saturated heterocycles. The van der Waals surface area contributed by atoms with Crippen LogP contribution in [0.5, 0.6) is 0 Å². The number of halogens is 2. The van der Waals surface area contributed by atoms with Gasteiger partial charge in [0.25, 0.3) is 7.52 Å². The number of imidazole rings is 1. The highest BCUT2D eigenvalue weighted by Gasteiger charge is 2.49. The van der Waals surface area contributed by atoms with E-state index in [1.165, 1.54) is 11.8 Å². The van der Waals surface area contributed by atoms with Crippen LogP contribution >= 0.6 is 46.5 Å². The lowest BCUT2D eigenvalue weighted by Crippen LogP contribution is -2.36. The minimum absolute atomic E-state index is 0.0171. The highest BCUT2D eigenvalue weighted by molar-refractivity contribution is 7.98. The van der Waals surface area contributed by atoms with Gasteiger partial charge >= 0.3 is 21.6 Å². The number of aliphatic hydroxyl groups excluding tert-OH is 1. The number of hydrogen-bond acceptors (Lipinski definition) is 17. The quantitative estimate of drug-likeness (QED) is 0.129. The predicted molar refractivity (Wildman–Crippen MR) is 152 cm³/mol. The maximum Gasteiger partial charge on any atom is 0.490 e. The highest BCUT2D eigenvalue weighted by Crippen LogP contribution is 2.70. The first-order chi connectivity index (χ1) is 20.1. The molecule has 2 aromatic heterocycles. The van der Waals surface area contributed by atoms with E-state index in [1.807, 2.05) is 0 Å². The smallest absolute Gasteiger partial charge is 0.468 e. The second-order valence-corrected chi connectivity index (χ2v) is 16.1. The number of methoxy groups -OCH3 is 1. The molecular weight excluding hydrogens is 684 g/mol. The van der Waals surface area contributed by atoms with E-state index in [1.54, 1.807) is 6.26 Å². The second-order valence-electron chi connectivity index (χ2n) is 8.75. The van der Waals surface area contributed by atoms with Crippen molar-refractivity contribution in [2.75, 3.05) is 52.3 Å². The average Bonchev–Trinajstić information content (AvgIpc) is 3.49. The number of ether oxygens (including phenoxy) is 2. The third-order valence-corrected chi connectivity index (χ3v) is 12.4. The molecule has 3 rings (SSSR count). The largest absolute Gasteiger partial charge is 0.490 e. The summed E-state index contributed by atoms with van der Waals surface area (Å²) in [5.74, 6) is -0.362. The molecule has 0 radical (unpaired) electrons. The second kappa shape index (κ2) is 14.9. The maximum atomic E-state index is 15.1. The number of nitrogens with one attached hydrogen (secondary N) is 1. The number of fused-ring (bicyclic) bond motifs is 1. The summed E-state index contributed by atoms with van der Waals surface area (Å²) in [4.78, 5) is 23.8. The number of nitrogens with zero attached hydrogens (tertiary/aromatic N) is 4. The zero-order chi connectivity index (χ0) is 32.2. The predicted octanol–water partition coefficient (Wildman–Crippen LogP) is 2.92. The van der Waals surface area contributed by atoms with Crippen LogP contribution in [0.1, 0.15) is 12.6 Å². The Bertz CT molecular complexity index is 1440. The van der Waals surface area contributed by atoms with Crippen LogP contribution in [0, 0.1) is 0 Å². The lowest BCUT2D eigenvalue weighted by atomic mass is 10.1. The fraction of sp³-hybridized carbons (Fsp3) is 0.684. The monoisotopic (exact) mass is 714 g/mol. The van der Waals surface area contributed by atoms with Gasteiger partial charge in [-0.15, -0.1) is 0 Å². The summed E-state index contributed by atoms with van der Waals surface area (Å²) in [6.07, 6.45) is -3.75. The van der Waals surface area contributed by atoms with Gasteiger partial charge in [-0.3, -0.25) is 27.5 Å². The molecular formula is C19H31ClFN6O12P3S. The van der Waals surface area contributed by atoms with Gasteiger partial charge in [0, 0.05) is 20.9 Å². The number of esters is 1. The van der Waals surface area contributed by atoms with Gasteiger partial charge in [-0.2, -0.15) is 26.0 Å². The zero-order valence-corrected chi connectivity index (χ0v) is 27.7. The number of phosphoric acid groups is 2. The van der Waals surface area contributed by atoms with Crippen molar-refractivity contribution in [2.45, 2.75) is 37.1 Å². The van der Waals surface area contributed by atoms with Crippen LogP contribution in [0.15, 0.2) is 6.33 Å². The van der Waals surface area contributed by atoms with Gasteiger partial charge in [-0.05, 0) is 30.0 Å². The molecule has 1 aliphatic rings. The molecule has 24 heteroatoms. The van der Waals surface area contributed by atoms with E-state index in [2.05, 4.69) is 24.8 Å². The summed E-state index contributed by atoms with van der Waals surface area (Å²) in [6.45, 7) is 0.157. The zero-order valence-electron chi connectivity index (χ0n) is 23.4. The molecule has 1 aliphatic heterocycles. The Hall–Kier alpha value is -1.24. The number of aliphatic hydroxyl groups is 1. The Morgan fingerprint density at radius 3 is 2.53 bits per heavy atom. The number of alkyl halides is 1. The maximum absolute atomic E-state index is 15.1. The molecule has 18 nitrogen and oxygen atoms in total. The van der Waals surface area contributed by atoms with E-state index < -0.39 is 66.4 Å². The van der Waals surface area contributed by atoms with Gasteiger partial charge in [-0.1, -0.05) is 0 Å². The Balaban J connectivity index is 1.71. The molecule has 0 spiro atoms. The Kier molecular flexibility index (Phi) is 12.6. The minimum atomic E-state index is -4.98. The molecule has 0 aliphatic carbocycles. The molecule has 0 saturated carbocycles. The topological polar surface area (TPSA) is 235 Å². The molecule has 244 valence electrons. The van der Waals surface area contributed by atoms with Crippen LogP contribution in [0.4, 0.5) is 10.2 Å². The summed E-state index contributed by atoms with van der Waals surface area (Å²) in [6, 6.07) is -1.11. The lowest BCUT2D eigenvalue weighted by Gasteiger charge is -2.26. The number of rotatable bonds is 16. The van der Waals surface area contributed by atoms with Crippen molar-refractivity contribution in [3.05, 3.63) is 11.6 Å². The summed E-state index contributed by atoms with van der Waals surface area (Å²) in [7, 11) is -11.2. The number of nitrogen functional groups attached to an aromatic ring is 1. The van der Waals surface area contributed by atoms with Crippen molar-refractivity contribution < 1.29 is 59.7 Å². The molecule has 1 fully saturated rings. The third kappa shape index (κ3) is 8.94. The highest BCUT2D eigenvalue weighted by atomic mass is 35.5. The standard InChI is InChI=1S/C19H31ClFN6O12P3S/c1-33-18(29)10(6-7-43-5)26-40(4,30)38-42(32,35-3)39-41(31,34-2)36-8-11-14(28)12(21)17(37-11)27-9-23-13-15(22)24-19(20)25-16(13)27/h9-12,14,17,28H,6-8H2,1-5H3,(H,26,30)(H2,22,24,25)/t10-,11+,12+,14?,17+,40?,41?,42?/m0/s1. The number of carbonyl (C=O) groups is 1. The SMILES string of the molecule is COC(=O)[C@H](CCSC)NP(C)(=O)OP(=O)(OC)OP(=O)(OC)OC[C@H]1O[C@@H](n2cnc3c(N)nc(Cl)nc32)[C@H](F)C1O. The van der Waals surface area contributed by atoms with Gasteiger partial charge in [-0.25, -0.2) is 27.9 Å². The molecule has 0 amide bonds. The number of carbonyl (C=O) groups excluding carboxylic acids is 1. The minimum Gasteiger partial charge on any atom is -0.468 e. The van der Waals surface area contributed by atoms with Crippen molar-refractivity contribution in [1.82, 2.24) is 24.6 Å². The fourth-order valence-corrected chi connectivity index (χ4v) is 9.70. The van der Waals surface area contributed by atoms with E-state index in [9.17, 15) is 23.6 Å². The summed E-state index contributed by atoms with van der Waals surface area (Å²) < 4.78 is 90.5. The lowest BCUT2D eigenvalue weighted by molar-refractivity contribution is -0.142. The van der Waals surface area contributed by atoms with Crippen molar-refractivity contribution in [2.24, 2.45) is 0 Å². The molecule has 0 bridgehead atoms. The first-order valence-corrected chi connectivity index (χ1v) is 18.8. The molecule has 2 aromatic rings. The number of phosphoric ester groups is 1. The number of hydrogen-bond donors (Lipinski definition) is 3. The van der Waals surface area contributed by atoms with Gasteiger partial charge < -0.3 is 20.3 Å². The van der Waals surface area contributed by atoms with Crippen LogP contribution in [0.3, 0.4) is 0 Å². The van der Waals surface area contributed by atoms with E-state index in [-0.39, 0.29) is 28.7 Å². The number of aromatic nitrogens is 4. The van der Waals surface area contributed by atoms with E-state index in [4.69, 9.17) is 44.3 Å². The Morgan fingerprint density at radius 2 is 1.93 bits per heavy atom. The van der Waals surface area contributed by atoms with Crippen molar-refractivity contribution in [3.63, 3.8) is 0 Å². The Labute approximate surface area is 254 Å². The van der Waals surface area contributed by atoms with Gasteiger partial charge in [0.05, 0.1) is 20.0 Å². The third-order valence-electron chi connectivity index (χ3n) is 5.78. The van der Waals surface area contributed by atoms with E-state index in [0.29, 0.717) is 5.75 Å². The van der Waals surface area contributed by atoms with Crippen LogP contribution in [0.25, 0.3) is 11.2 Å². The first-order valence-electron chi connectivity index (χ1n) is 12.1. The Morgan fingerprint density at radius 1 is 1.26 bits per heavy atom. The average molecular weight is 715 g/mol. The summed E-state index contributed by atoms with van der Waals surface area (Å²) >= 11 is 7.25.